The van der Waals surface area contributed by atoms with Gasteiger partial charge >= 0.3 is 0 Å². The first-order valence-electron chi connectivity index (χ1n) is 2.92. The van der Waals surface area contributed by atoms with E-state index in [1.807, 2.05) is 0 Å². The first-order chi connectivity index (χ1) is 5.57. The van der Waals surface area contributed by atoms with Crippen LogP contribution in [0.5, 0.6) is 0 Å². The molecule has 76 valence electrons. The maximum atomic E-state index is 10.9. The molecule has 0 radical (unpaired) electrons. The molecule has 0 aliphatic rings. The van der Waals surface area contributed by atoms with E-state index in [9.17, 15) is 4.79 Å². The minimum atomic E-state index is -1.86. The van der Waals surface area contributed by atoms with Gasteiger partial charge in [0, 0.05) is 0 Å². The SMILES string of the molecule is CC(=O)C(Cl)(Cl)/C(Cl)=C/C(Cl)(Cl)Cl. The standard InChI is InChI=1S/C6H4Cl6O/c1-3(13)6(11,12)4(7)2-5(8,9)10/h2H,1H3/b4-2-. The number of allylic oxidation sites excluding steroid dienone is 2. The van der Waals surface area contributed by atoms with Gasteiger partial charge in [0.15, 0.2) is 5.78 Å². The summed E-state index contributed by atoms with van der Waals surface area (Å²) in [5, 5.41) is -0.233. The Morgan fingerprint density at radius 2 is 1.54 bits per heavy atom. The molecule has 0 fully saturated rings. The predicted octanol–water partition coefficient (Wildman–Crippen LogP) is 4.24. The number of alkyl halides is 5. The first-order valence-corrected chi connectivity index (χ1v) is 5.18. The van der Waals surface area contributed by atoms with Gasteiger partial charge < -0.3 is 0 Å². The lowest BCUT2D eigenvalue weighted by atomic mass is 10.3. The van der Waals surface area contributed by atoms with Crippen molar-refractivity contribution in [1.29, 1.82) is 0 Å². The summed E-state index contributed by atoms with van der Waals surface area (Å²) >= 11 is 32.9. The number of Topliss-reactive ketones (excluding diaryl/α,β-unsaturated/α-hetero) is 1. The third-order valence-electron chi connectivity index (χ3n) is 1.03. The molecule has 0 aromatic rings. The number of carbonyl (C=O) groups excluding carboxylic acids is 1. The van der Waals surface area contributed by atoms with Crippen molar-refractivity contribution in [2.24, 2.45) is 0 Å². The summed E-state index contributed by atoms with van der Waals surface area (Å²) in [5.41, 5.74) is 0. The van der Waals surface area contributed by atoms with Gasteiger partial charge in [-0.2, -0.15) is 0 Å². The average molecular weight is 305 g/mol. The summed E-state index contributed by atoms with van der Waals surface area (Å²) in [5.74, 6) is -0.550. The van der Waals surface area contributed by atoms with E-state index in [2.05, 4.69) is 0 Å². The fraction of sp³-hybridized carbons (Fsp3) is 0.500. The number of hydrogen-bond acceptors (Lipinski definition) is 1. The Bertz CT molecular complexity index is 238. The number of carbonyl (C=O) groups is 1. The van der Waals surface area contributed by atoms with E-state index in [0.29, 0.717) is 0 Å². The Kier molecular flexibility index (Phi) is 5.20. The molecule has 0 unspecified atom stereocenters. The third kappa shape index (κ3) is 4.96. The van der Waals surface area contributed by atoms with Crippen LogP contribution in [-0.2, 0) is 4.79 Å². The topological polar surface area (TPSA) is 17.1 Å². The molecular formula is C6H4Cl6O. The molecule has 0 rings (SSSR count). The van der Waals surface area contributed by atoms with E-state index in [-0.39, 0.29) is 5.03 Å². The smallest absolute Gasteiger partial charge is 0.210 e. The van der Waals surface area contributed by atoms with Crippen LogP contribution in [0.3, 0.4) is 0 Å². The number of ketones is 1. The second kappa shape index (κ2) is 4.78. The molecule has 0 spiro atoms. The van der Waals surface area contributed by atoms with Gasteiger partial charge in [0.05, 0.1) is 5.03 Å². The average Bonchev–Trinajstić information content (AvgIpc) is 1.82. The lowest BCUT2D eigenvalue weighted by molar-refractivity contribution is -0.116. The van der Waals surface area contributed by atoms with Gasteiger partial charge in [0.25, 0.3) is 0 Å². The summed E-state index contributed by atoms with van der Waals surface area (Å²) in [6.07, 6.45) is 0.973. The Morgan fingerprint density at radius 3 is 1.77 bits per heavy atom. The Balaban J connectivity index is 4.89. The van der Waals surface area contributed by atoms with Crippen LogP contribution in [0.15, 0.2) is 11.1 Å². The Morgan fingerprint density at radius 1 is 1.15 bits per heavy atom. The molecule has 0 bridgehead atoms. The Hall–Kier alpha value is 1.15. The molecule has 0 heterocycles. The summed E-state index contributed by atoms with van der Waals surface area (Å²) in [6.45, 7) is 1.18. The molecule has 0 aromatic heterocycles. The maximum Gasteiger partial charge on any atom is 0.210 e. The molecule has 13 heavy (non-hydrogen) atoms. The van der Waals surface area contributed by atoms with E-state index < -0.39 is 13.9 Å². The van der Waals surface area contributed by atoms with Crippen LogP contribution in [0.1, 0.15) is 6.92 Å². The van der Waals surface area contributed by atoms with E-state index >= 15 is 0 Å². The molecule has 0 saturated heterocycles. The molecule has 0 atom stereocenters. The van der Waals surface area contributed by atoms with Gasteiger partial charge in [0.2, 0.25) is 8.13 Å². The summed E-state index contributed by atoms with van der Waals surface area (Å²) in [7, 11) is 0. The molecular weight excluding hydrogens is 301 g/mol. The summed E-state index contributed by atoms with van der Waals surface area (Å²) in [6, 6.07) is 0. The second-order valence-corrected chi connectivity index (χ2v) is 6.27. The van der Waals surface area contributed by atoms with Crippen molar-refractivity contribution in [1.82, 2.24) is 0 Å². The van der Waals surface area contributed by atoms with Crippen molar-refractivity contribution in [3.05, 3.63) is 11.1 Å². The van der Waals surface area contributed by atoms with Crippen molar-refractivity contribution in [2.75, 3.05) is 0 Å². The lowest BCUT2D eigenvalue weighted by Gasteiger charge is -2.16. The number of halogens is 6. The van der Waals surface area contributed by atoms with Crippen LogP contribution in [0.2, 0.25) is 0 Å². The van der Waals surface area contributed by atoms with Crippen LogP contribution in [-0.4, -0.2) is 13.9 Å². The molecule has 0 saturated carbocycles. The van der Waals surface area contributed by atoms with E-state index in [0.717, 1.165) is 6.08 Å². The maximum absolute atomic E-state index is 10.9. The van der Waals surface area contributed by atoms with Crippen LogP contribution < -0.4 is 0 Å². The minimum Gasteiger partial charge on any atom is -0.296 e. The van der Waals surface area contributed by atoms with Gasteiger partial charge in [-0.05, 0) is 13.0 Å². The third-order valence-corrected chi connectivity index (χ3v) is 2.89. The zero-order chi connectivity index (χ0) is 10.9. The molecule has 0 N–H and O–H groups in total. The molecule has 0 aromatic carbocycles. The number of rotatable bonds is 2. The van der Waals surface area contributed by atoms with Crippen molar-refractivity contribution in [3.63, 3.8) is 0 Å². The highest BCUT2D eigenvalue weighted by atomic mass is 35.6. The van der Waals surface area contributed by atoms with E-state index in [1.165, 1.54) is 6.92 Å². The second-order valence-electron chi connectivity index (χ2n) is 2.16. The van der Waals surface area contributed by atoms with Crippen LogP contribution in [0.25, 0.3) is 0 Å². The molecule has 7 heteroatoms. The van der Waals surface area contributed by atoms with Gasteiger partial charge in [0.1, 0.15) is 0 Å². The van der Waals surface area contributed by atoms with Crippen molar-refractivity contribution in [3.8, 4) is 0 Å². The van der Waals surface area contributed by atoms with E-state index in [1.54, 1.807) is 0 Å². The van der Waals surface area contributed by atoms with Crippen molar-refractivity contribution >= 4 is 75.4 Å². The van der Waals surface area contributed by atoms with Crippen LogP contribution in [0.4, 0.5) is 0 Å². The zero-order valence-electron chi connectivity index (χ0n) is 6.25. The van der Waals surface area contributed by atoms with Gasteiger partial charge in [-0.3, -0.25) is 4.79 Å². The number of hydrogen-bond donors (Lipinski definition) is 0. The van der Waals surface area contributed by atoms with Crippen molar-refractivity contribution in [2.45, 2.75) is 15.0 Å². The van der Waals surface area contributed by atoms with Gasteiger partial charge in [-0.15, -0.1) is 0 Å². The molecule has 0 aliphatic heterocycles. The molecule has 0 amide bonds. The monoisotopic (exact) mass is 302 g/mol. The quantitative estimate of drug-likeness (QED) is 0.697. The lowest BCUT2D eigenvalue weighted by Crippen LogP contribution is -2.24. The highest BCUT2D eigenvalue weighted by molar-refractivity contribution is 6.70. The first kappa shape index (κ1) is 14.2. The zero-order valence-corrected chi connectivity index (χ0v) is 10.8. The fourth-order valence-electron chi connectivity index (χ4n) is 0.402. The Labute approximate surface area is 106 Å². The largest absolute Gasteiger partial charge is 0.296 e. The van der Waals surface area contributed by atoms with Crippen molar-refractivity contribution < 1.29 is 4.79 Å². The van der Waals surface area contributed by atoms with E-state index in [4.69, 9.17) is 69.6 Å². The highest BCUT2D eigenvalue weighted by Crippen LogP contribution is 2.38. The highest BCUT2D eigenvalue weighted by Gasteiger charge is 2.35. The van der Waals surface area contributed by atoms with Gasteiger partial charge in [-0.1, -0.05) is 69.6 Å². The minimum absolute atomic E-state index is 0.233. The normalized spacial score (nSPS) is 14.5. The fourth-order valence-corrected chi connectivity index (χ4v) is 1.30. The summed E-state index contributed by atoms with van der Waals surface area (Å²) in [4.78, 5) is 10.9. The van der Waals surface area contributed by atoms with Crippen LogP contribution >= 0.6 is 69.6 Å². The molecule has 1 nitrogen and oxygen atoms in total. The van der Waals surface area contributed by atoms with Crippen LogP contribution in [0, 0.1) is 0 Å². The molecule has 0 aliphatic carbocycles. The van der Waals surface area contributed by atoms with Gasteiger partial charge in [-0.25, -0.2) is 0 Å². The predicted molar refractivity (Wildman–Crippen MR) is 59.3 cm³/mol. The summed E-state index contributed by atoms with van der Waals surface area (Å²) < 4.78 is -3.59.